The van der Waals surface area contributed by atoms with Crippen molar-refractivity contribution in [3.05, 3.63) is 213 Å². The molecule has 0 amide bonds. The van der Waals surface area contributed by atoms with Gasteiger partial charge in [-0.1, -0.05) is 24.3 Å². The van der Waals surface area contributed by atoms with E-state index in [-0.39, 0.29) is 50.0 Å². The molecule has 0 fully saturated rings. The number of nitriles is 2. The predicted molar refractivity (Wildman–Crippen MR) is 309 cm³/mol. The summed E-state index contributed by atoms with van der Waals surface area (Å²) in [5.74, 6) is 0. The first kappa shape index (κ1) is 44.8. The Hall–Kier alpha value is -6.91. The first-order valence-electron chi connectivity index (χ1n) is 23.9. The van der Waals surface area contributed by atoms with E-state index in [1.165, 1.54) is 67.3 Å². The normalized spacial score (nSPS) is 12.9. The molecule has 0 radical (unpaired) electrons. The minimum absolute atomic E-state index is 0.108. The summed E-state index contributed by atoms with van der Waals surface area (Å²) >= 11 is 3.43. The second-order valence-electron chi connectivity index (χ2n) is 16.5. The number of carbonyl (C=O) groups is 1. The summed E-state index contributed by atoms with van der Waals surface area (Å²) in [6.45, 7) is 0. The number of thiazole rings is 2. The number of anilines is 6. The molecule has 348 valence electrons. The number of hydrogen-bond donors (Lipinski definition) is 0. The summed E-state index contributed by atoms with van der Waals surface area (Å²) in [6, 6.07) is 71.6. The van der Waals surface area contributed by atoms with Gasteiger partial charge in [-0.05, 0) is 22.9 Å². The molecule has 0 spiro atoms. The van der Waals surface area contributed by atoms with E-state index < -0.39 is 6.26 Å². The van der Waals surface area contributed by atoms with Crippen LogP contribution in [0.3, 0.4) is 0 Å². The minimum atomic E-state index is -0.561. The Balaban J connectivity index is 0.000000126. The predicted octanol–water partition coefficient (Wildman–Crippen LogP) is 11.5. The number of rotatable bonds is 6. The number of allylic oxidation sites excluding steroid dienone is 1. The van der Waals surface area contributed by atoms with Gasteiger partial charge in [0.15, 0.2) is 0 Å². The number of nitrogens with zero attached hydrogens (tertiary/aromatic N) is 6. The number of benzene rings is 8. The maximum atomic E-state index is 11.3. The van der Waals surface area contributed by atoms with Gasteiger partial charge < -0.3 is 0 Å². The van der Waals surface area contributed by atoms with Crippen molar-refractivity contribution in [3.63, 3.8) is 0 Å². The van der Waals surface area contributed by atoms with E-state index in [1.807, 2.05) is 36.4 Å². The fourth-order valence-corrected chi connectivity index (χ4v) is 18.7. The Labute approximate surface area is 456 Å². The fourth-order valence-electron chi connectivity index (χ4n) is 8.68. The topological polar surface area (TPSA) is 96.9 Å². The van der Waals surface area contributed by atoms with Crippen molar-refractivity contribution < 1.29 is 7.54 Å². The molecule has 0 N–H and O–H groups in total. The van der Waals surface area contributed by atoms with Crippen molar-refractivity contribution >= 4 is 191 Å². The van der Waals surface area contributed by atoms with Crippen molar-refractivity contribution in [1.29, 1.82) is 10.5 Å². The van der Waals surface area contributed by atoms with Gasteiger partial charge in [0.1, 0.15) is 5.01 Å². The molecular weight excluding hydrogens is 1200 g/mol. The number of hydrogen-bond acceptors (Lipinski definition) is 9. The maximum absolute atomic E-state index is 11.3. The molecular formula is C60H36N6OS2Se4. The van der Waals surface area contributed by atoms with E-state index in [0.29, 0.717) is 36.4 Å². The quantitative estimate of drug-likeness (QED) is 0.0929. The monoisotopic (exact) mass is 1240 g/mol. The third-order valence-corrected chi connectivity index (χ3v) is 22.8. The summed E-state index contributed by atoms with van der Waals surface area (Å²) in [6.07, 6.45) is -0.163. The summed E-state index contributed by atoms with van der Waals surface area (Å²) in [5, 5.41) is 24.9. The first-order chi connectivity index (χ1) is 36.8. The van der Waals surface area contributed by atoms with E-state index in [9.17, 15) is 10.1 Å². The molecule has 0 saturated heterocycles. The van der Waals surface area contributed by atoms with Gasteiger partial charge in [0.05, 0.1) is 22.7 Å². The second-order valence-corrected chi connectivity index (χ2v) is 27.7. The fraction of sp³-hybridized carbons (Fsp3) is 0.0167. The molecule has 6 heterocycles. The molecule has 13 heteroatoms. The van der Waals surface area contributed by atoms with Crippen LogP contribution in [-0.2, 0) is 6.42 Å². The molecule has 14 rings (SSSR count). The van der Waals surface area contributed by atoms with Crippen molar-refractivity contribution in [2.45, 2.75) is 6.42 Å². The van der Waals surface area contributed by atoms with E-state index in [1.54, 1.807) is 17.4 Å². The summed E-state index contributed by atoms with van der Waals surface area (Å²) in [7, 11) is 0. The van der Waals surface area contributed by atoms with Crippen molar-refractivity contribution in [2.75, 3.05) is 9.80 Å². The van der Waals surface area contributed by atoms with Gasteiger partial charge in [-0.2, -0.15) is 5.26 Å². The Kier molecular flexibility index (Phi) is 12.8. The van der Waals surface area contributed by atoms with Crippen LogP contribution in [0.1, 0.15) is 26.4 Å². The van der Waals surface area contributed by atoms with Crippen LogP contribution >= 0.6 is 22.7 Å². The van der Waals surface area contributed by atoms with E-state index in [0.717, 1.165) is 45.2 Å². The van der Waals surface area contributed by atoms with Gasteiger partial charge in [0, 0.05) is 0 Å². The average Bonchev–Trinajstić information content (AvgIpc) is 4.29. The molecule has 2 aliphatic heterocycles. The standard InChI is InChI=1S/C30H17N3SSe2.C17H11NOSe2.C13H8N2S/c31-18-21(30-32-23-16-19-7-1-2-8-20(19)17-26(23)34-30)15-22-13-14-29(35-22)33-24-9-3-5-11-27(24)36-28-12-6-4-10-25(28)33;19-11-12-9-10-17(20-12)18-13-5-1-3-7-15(13)21-16-8-4-2-6-14(16)18;14-6-5-13-15-11-7-9-3-1-2-4-10(9)8-12(11)16-13/h1-17H;1-11H;1-4,7-8H,5H2/b21-15+;;/i15D;11D;. The Bertz CT molecular complexity index is 4120. The van der Waals surface area contributed by atoms with Gasteiger partial charge in [-0.25, -0.2) is 4.98 Å². The zero-order valence-electron chi connectivity index (χ0n) is 40.2. The number of carbonyl (C=O) groups excluding carboxylic acids is 1. The Morgan fingerprint density at radius 3 is 1.42 bits per heavy atom. The first-order valence-corrected chi connectivity index (χ1v) is 31.4. The van der Waals surface area contributed by atoms with Crippen LogP contribution in [0.5, 0.6) is 0 Å². The number of fused-ring (bicyclic) bond motifs is 8. The molecule has 73 heavy (non-hydrogen) atoms. The van der Waals surface area contributed by atoms with Gasteiger partial charge in [0.2, 0.25) is 0 Å². The third kappa shape index (κ3) is 9.62. The van der Waals surface area contributed by atoms with Gasteiger partial charge >= 0.3 is 364 Å². The number of aldehydes is 1. The number of aromatic nitrogens is 2. The molecule has 4 aromatic heterocycles. The van der Waals surface area contributed by atoms with Crippen LogP contribution in [-0.4, -0.2) is 75.2 Å². The molecule has 2 aliphatic rings. The van der Waals surface area contributed by atoms with Crippen LogP contribution in [0.15, 0.2) is 194 Å². The molecule has 0 saturated carbocycles. The van der Waals surface area contributed by atoms with Crippen molar-refractivity contribution in [1.82, 2.24) is 9.97 Å². The Morgan fingerprint density at radius 2 is 0.959 bits per heavy atom. The molecule has 8 aromatic carbocycles. The molecule has 12 aromatic rings. The van der Waals surface area contributed by atoms with Crippen LogP contribution in [0, 0.1) is 22.7 Å². The third-order valence-electron chi connectivity index (χ3n) is 11.9. The van der Waals surface area contributed by atoms with Crippen LogP contribution in [0.25, 0.3) is 53.6 Å². The summed E-state index contributed by atoms with van der Waals surface area (Å²) < 4.78 is 27.8. The van der Waals surface area contributed by atoms with E-state index in [2.05, 4.69) is 179 Å². The van der Waals surface area contributed by atoms with Crippen molar-refractivity contribution in [3.8, 4) is 12.1 Å². The van der Waals surface area contributed by atoms with Gasteiger partial charge in [0.25, 0.3) is 0 Å². The second kappa shape index (κ2) is 20.9. The zero-order valence-corrected chi connectivity index (χ0v) is 46.7. The molecule has 0 unspecified atom stereocenters. The van der Waals surface area contributed by atoms with Crippen molar-refractivity contribution in [2.24, 2.45) is 0 Å². The Morgan fingerprint density at radius 1 is 0.534 bits per heavy atom. The van der Waals surface area contributed by atoms with E-state index >= 15 is 0 Å². The van der Waals surface area contributed by atoms with E-state index in [4.69, 9.17) is 13.0 Å². The molecule has 0 bridgehead atoms. The van der Waals surface area contributed by atoms with Crippen LogP contribution in [0.4, 0.5) is 31.9 Å². The molecule has 0 atom stereocenters. The van der Waals surface area contributed by atoms with Crippen LogP contribution < -0.4 is 27.6 Å². The van der Waals surface area contributed by atoms with Crippen LogP contribution in [0.2, 0.25) is 0 Å². The SMILES string of the molecule is N#CCc1nc2cc3ccccc3cc2s1.[2H]/C(=C(/C#N)c1nc2cc3ccccc3cc2s1)c1ccc(N2c3ccccc3[Se]c3ccccc32)[se]1.[2H]C(=O)c1ccc(N2c3ccccc3[Se]c3ccccc32)[se]1. The number of para-hydroxylation sites is 4. The summed E-state index contributed by atoms with van der Waals surface area (Å²) in [4.78, 5) is 25.2. The zero-order chi connectivity index (χ0) is 51.0. The van der Waals surface area contributed by atoms with Gasteiger partial charge in [-0.3, -0.25) is 0 Å². The summed E-state index contributed by atoms with van der Waals surface area (Å²) in [5.41, 5.74) is 7.07. The average molecular weight is 1240 g/mol. The molecule has 7 nitrogen and oxygen atoms in total. The van der Waals surface area contributed by atoms with Gasteiger partial charge in [-0.15, -0.1) is 11.3 Å². The molecule has 0 aliphatic carbocycles.